The molecule has 0 aliphatic heterocycles. The topological polar surface area (TPSA) is 0 Å². The van der Waals surface area contributed by atoms with Gasteiger partial charge in [0.15, 0.2) is 0 Å². The zero-order chi connectivity index (χ0) is 12.0. The molecule has 0 aliphatic rings. The van der Waals surface area contributed by atoms with Crippen molar-refractivity contribution in [3.05, 3.63) is 60.7 Å². The van der Waals surface area contributed by atoms with Crippen LogP contribution in [0, 0.1) is 0 Å². The number of allylic oxidation sites excluding steroid dienone is 2. The number of hydrogen-bond donors (Lipinski definition) is 0. The zero-order valence-electron chi connectivity index (χ0n) is 9.88. The minimum atomic E-state index is -1.24. The van der Waals surface area contributed by atoms with E-state index in [2.05, 4.69) is 13.2 Å². The Hall–Kier alpha value is -1.37. The number of rotatable bonds is 6. The van der Waals surface area contributed by atoms with Crippen LogP contribution in [0.15, 0.2) is 55.1 Å². The summed E-state index contributed by atoms with van der Waals surface area (Å²) in [5.41, 5.74) is 0.656. The third-order valence-corrected chi connectivity index (χ3v) is 2.49. The quantitative estimate of drug-likeness (QED) is 0.617. The SMILES string of the molecule is C=CCC(F)(CC(=C)C)Cc1ccccc1. The van der Waals surface area contributed by atoms with Crippen molar-refractivity contribution in [1.29, 1.82) is 0 Å². The van der Waals surface area contributed by atoms with Crippen molar-refractivity contribution in [3.63, 3.8) is 0 Å². The van der Waals surface area contributed by atoms with Gasteiger partial charge in [-0.05, 0) is 18.9 Å². The van der Waals surface area contributed by atoms with Crippen molar-refractivity contribution in [1.82, 2.24) is 0 Å². The van der Waals surface area contributed by atoms with Crippen LogP contribution in [0.3, 0.4) is 0 Å². The lowest BCUT2D eigenvalue weighted by atomic mass is 9.87. The first-order valence-corrected chi connectivity index (χ1v) is 5.54. The predicted octanol–water partition coefficient (Wildman–Crippen LogP) is 4.48. The molecule has 0 aliphatic carbocycles. The van der Waals surface area contributed by atoms with Crippen molar-refractivity contribution >= 4 is 0 Å². The van der Waals surface area contributed by atoms with Crippen LogP contribution in [0.4, 0.5) is 4.39 Å². The summed E-state index contributed by atoms with van der Waals surface area (Å²) in [6.45, 7) is 9.28. The molecule has 1 heteroatoms. The maximum absolute atomic E-state index is 14.6. The van der Waals surface area contributed by atoms with Gasteiger partial charge in [-0.1, -0.05) is 42.0 Å². The van der Waals surface area contributed by atoms with Crippen molar-refractivity contribution in [2.24, 2.45) is 0 Å². The largest absolute Gasteiger partial charge is 0.243 e. The van der Waals surface area contributed by atoms with Crippen LogP contribution in [0.2, 0.25) is 0 Å². The fraction of sp³-hybridized carbons (Fsp3) is 0.333. The van der Waals surface area contributed by atoms with Gasteiger partial charge in [0.25, 0.3) is 0 Å². The van der Waals surface area contributed by atoms with Gasteiger partial charge in [-0.2, -0.15) is 0 Å². The Kier molecular flexibility index (Phi) is 4.48. The van der Waals surface area contributed by atoms with Gasteiger partial charge in [0, 0.05) is 12.8 Å². The van der Waals surface area contributed by atoms with E-state index in [9.17, 15) is 4.39 Å². The Labute approximate surface area is 97.5 Å². The lowest BCUT2D eigenvalue weighted by Gasteiger charge is -2.24. The van der Waals surface area contributed by atoms with Gasteiger partial charge in [0.05, 0.1) is 0 Å². The number of benzene rings is 1. The highest BCUT2D eigenvalue weighted by atomic mass is 19.1. The van der Waals surface area contributed by atoms with E-state index in [1.54, 1.807) is 6.08 Å². The third kappa shape index (κ3) is 4.01. The Morgan fingerprint density at radius 3 is 2.50 bits per heavy atom. The molecule has 0 spiro atoms. The standard InChI is InChI=1S/C15H19F/c1-4-10-15(16,11-13(2)3)12-14-8-6-5-7-9-14/h4-9H,1-2,10-12H2,3H3. The van der Waals surface area contributed by atoms with Crippen molar-refractivity contribution in [2.75, 3.05) is 0 Å². The molecule has 1 atom stereocenters. The van der Waals surface area contributed by atoms with Crippen LogP contribution < -0.4 is 0 Å². The fourth-order valence-corrected chi connectivity index (χ4v) is 1.97. The molecule has 86 valence electrons. The highest BCUT2D eigenvalue weighted by Gasteiger charge is 2.28. The maximum Gasteiger partial charge on any atom is 0.122 e. The molecule has 0 fully saturated rings. The summed E-state index contributed by atoms with van der Waals surface area (Å²) in [5, 5.41) is 0. The van der Waals surface area contributed by atoms with E-state index in [1.165, 1.54) is 0 Å². The number of hydrogen-bond acceptors (Lipinski definition) is 0. The third-order valence-electron chi connectivity index (χ3n) is 2.49. The van der Waals surface area contributed by atoms with Crippen molar-refractivity contribution in [2.45, 2.75) is 31.9 Å². The molecule has 1 aromatic carbocycles. The molecule has 0 amide bonds. The Balaban J connectivity index is 2.78. The fourth-order valence-electron chi connectivity index (χ4n) is 1.97. The molecule has 0 bridgehead atoms. The van der Waals surface area contributed by atoms with Crippen molar-refractivity contribution in [3.8, 4) is 0 Å². The van der Waals surface area contributed by atoms with E-state index in [0.717, 1.165) is 11.1 Å². The van der Waals surface area contributed by atoms with E-state index >= 15 is 0 Å². The van der Waals surface area contributed by atoms with Crippen molar-refractivity contribution < 1.29 is 4.39 Å². The molecule has 0 saturated heterocycles. The Morgan fingerprint density at radius 1 is 1.38 bits per heavy atom. The average molecular weight is 218 g/mol. The van der Waals surface area contributed by atoms with Crippen LogP contribution in [0.1, 0.15) is 25.3 Å². The molecule has 0 nitrogen and oxygen atoms in total. The summed E-state index contributed by atoms with van der Waals surface area (Å²) in [6.07, 6.45) is 2.83. The minimum Gasteiger partial charge on any atom is -0.243 e. The van der Waals surface area contributed by atoms with Crippen LogP contribution in [-0.2, 0) is 6.42 Å². The van der Waals surface area contributed by atoms with Gasteiger partial charge in [0.2, 0.25) is 0 Å². The van der Waals surface area contributed by atoms with Crippen LogP contribution in [0.5, 0.6) is 0 Å². The van der Waals surface area contributed by atoms with Gasteiger partial charge in [0.1, 0.15) is 5.67 Å². The summed E-state index contributed by atoms with van der Waals surface area (Å²) < 4.78 is 14.6. The molecule has 0 radical (unpaired) electrons. The first-order chi connectivity index (χ1) is 7.56. The maximum atomic E-state index is 14.6. The smallest absolute Gasteiger partial charge is 0.122 e. The highest BCUT2D eigenvalue weighted by Crippen LogP contribution is 2.29. The van der Waals surface area contributed by atoms with E-state index < -0.39 is 5.67 Å². The van der Waals surface area contributed by atoms with Crippen LogP contribution >= 0.6 is 0 Å². The van der Waals surface area contributed by atoms with E-state index in [1.807, 2.05) is 37.3 Å². The molecule has 1 aromatic rings. The van der Waals surface area contributed by atoms with Crippen LogP contribution in [0.25, 0.3) is 0 Å². The minimum absolute atomic E-state index is 0.370. The van der Waals surface area contributed by atoms with Gasteiger partial charge < -0.3 is 0 Å². The summed E-state index contributed by atoms with van der Waals surface area (Å²) in [4.78, 5) is 0. The molecule has 0 heterocycles. The average Bonchev–Trinajstić information content (AvgIpc) is 2.17. The highest BCUT2D eigenvalue weighted by molar-refractivity contribution is 5.18. The van der Waals surface area contributed by atoms with E-state index in [-0.39, 0.29) is 0 Å². The summed E-state index contributed by atoms with van der Waals surface area (Å²) >= 11 is 0. The summed E-state index contributed by atoms with van der Waals surface area (Å²) in [6, 6.07) is 9.72. The first kappa shape index (κ1) is 12.7. The molecule has 1 unspecified atom stereocenters. The van der Waals surface area contributed by atoms with Gasteiger partial charge in [-0.15, -0.1) is 13.2 Å². The van der Waals surface area contributed by atoms with Gasteiger partial charge >= 0.3 is 0 Å². The van der Waals surface area contributed by atoms with E-state index in [4.69, 9.17) is 0 Å². The number of halogens is 1. The molecular weight excluding hydrogens is 199 g/mol. The summed E-state index contributed by atoms with van der Waals surface area (Å²) in [5.74, 6) is 0. The second-order valence-corrected chi connectivity index (χ2v) is 4.44. The molecule has 0 aromatic heterocycles. The molecular formula is C15H19F. The first-order valence-electron chi connectivity index (χ1n) is 5.54. The normalized spacial score (nSPS) is 14.1. The molecule has 0 saturated carbocycles. The second kappa shape index (κ2) is 5.64. The number of alkyl halides is 1. The Morgan fingerprint density at radius 2 is 2.00 bits per heavy atom. The Bertz CT molecular complexity index is 353. The molecule has 1 rings (SSSR count). The van der Waals surface area contributed by atoms with Gasteiger partial charge in [-0.25, -0.2) is 4.39 Å². The lowest BCUT2D eigenvalue weighted by Crippen LogP contribution is -2.25. The summed E-state index contributed by atoms with van der Waals surface area (Å²) in [7, 11) is 0. The zero-order valence-corrected chi connectivity index (χ0v) is 9.88. The predicted molar refractivity (Wildman–Crippen MR) is 68.2 cm³/mol. The van der Waals surface area contributed by atoms with E-state index in [0.29, 0.717) is 19.3 Å². The monoisotopic (exact) mass is 218 g/mol. The lowest BCUT2D eigenvalue weighted by molar-refractivity contribution is 0.167. The second-order valence-electron chi connectivity index (χ2n) is 4.44. The van der Waals surface area contributed by atoms with Crippen LogP contribution in [-0.4, -0.2) is 5.67 Å². The van der Waals surface area contributed by atoms with Gasteiger partial charge in [-0.3, -0.25) is 0 Å². The molecule has 16 heavy (non-hydrogen) atoms. The molecule has 0 N–H and O–H groups in total.